The van der Waals surface area contributed by atoms with Crippen molar-refractivity contribution in [3.63, 3.8) is 0 Å². The van der Waals surface area contributed by atoms with Crippen LogP contribution in [0, 0.1) is 0 Å². The molecule has 0 radical (unpaired) electrons. The van der Waals surface area contributed by atoms with Crippen molar-refractivity contribution >= 4 is 15.9 Å². The normalized spacial score (nSPS) is 19.6. The maximum absolute atomic E-state index is 12.8. The Kier molecular flexibility index (Phi) is 10.2. The molecule has 1 amide bonds. The van der Waals surface area contributed by atoms with Crippen molar-refractivity contribution < 1.29 is 17.9 Å². The molecule has 0 aromatic heterocycles. The molecule has 8 heteroatoms. The zero-order chi connectivity index (χ0) is 23.7. The van der Waals surface area contributed by atoms with Crippen LogP contribution in [0.5, 0.6) is 0 Å². The van der Waals surface area contributed by atoms with Crippen LogP contribution in [0.2, 0.25) is 0 Å². The highest BCUT2D eigenvalue weighted by molar-refractivity contribution is 7.89. The minimum absolute atomic E-state index is 0.326. The Bertz CT molecular complexity index is 838. The summed E-state index contributed by atoms with van der Waals surface area (Å²) in [5.41, 5.74) is 1.15. The monoisotopic (exact) mass is 479 g/mol. The summed E-state index contributed by atoms with van der Waals surface area (Å²) in [5.74, 6) is 0.326. The van der Waals surface area contributed by atoms with Gasteiger partial charge in [0.05, 0.1) is 18.1 Å². The fraction of sp³-hybridized carbons (Fsp3) is 0.720. The second-order valence-corrected chi connectivity index (χ2v) is 11.2. The summed E-state index contributed by atoms with van der Waals surface area (Å²) < 4.78 is 32.4. The van der Waals surface area contributed by atoms with E-state index in [2.05, 4.69) is 23.6 Å². The quantitative estimate of drug-likeness (QED) is 0.456. The lowest BCUT2D eigenvalue weighted by atomic mass is 10.1. The Morgan fingerprint density at radius 3 is 2.45 bits per heavy atom. The first-order valence-corrected chi connectivity index (χ1v) is 14.0. The van der Waals surface area contributed by atoms with Crippen molar-refractivity contribution in [3.05, 3.63) is 29.8 Å². The van der Waals surface area contributed by atoms with Gasteiger partial charge in [-0.3, -0.25) is 4.79 Å². The molecule has 1 aromatic rings. The first-order chi connectivity index (χ1) is 15.9. The highest BCUT2D eigenvalue weighted by Gasteiger charge is 2.26. The fourth-order valence-electron chi connectivity index (χ4n) is 4.79. The summed E-state index contributed by atoms with van der Waals surface area (Å²) in [5, 5.41) is 0. The predicted molar refractivity (Wildman–Crippen MR) is 131 cm³/mol. The van der Waals surface area contributed by atoms with Crippen molar-refractivity contribution in [1.82, 2.24) is 14.1 Å². The first kappa shape index (κ1) is 26.1. The molecule has 0 spiro atoms. The Morgan fingerprint density at radius 1 is 1.03 bits per heavy atom. The molecule has 1 unspecified atom stereocenters. The molecule has 2 aliphatic rings. The standard InChI is InChI=1S/C25H41N3O4S/c1-3-26(14-7-8-16-27-15-6-4-5-9-25(27)29)22(2)21-23-10-12-24(13-11-23)33(30,31)28-17-19-32-20-18-28/h10-13,22H,3-9,14-21H2,1-2H3. The molecular weight excluding hydrogens is 438 g/mol. The third kappa shape index (κ3) is 7.50. The SMILES string of the molecule is CCN(CCCCN1CCCCCC1=O)C(C)Cc1ccc(S(=O)(=O)N2CCOCC2)cc1. The number of sulfonamides is 1. The van der Waals surface area contributed by atoms with Gasteiger partial charge in [-0.2, -0.15) is 4.31 Å². The zero-order valence-corrected chi connectivity index (χ0v) is 21.2. The number of hydrogen-bond donors (Lipinski definition) is 0. The number of amides is 1. The minimum Gasteiger partial charge on any atom is -0.379 e. The molecule has 186 valence electrons. The Balaban J connectivity index is 1.46. The Labute approximate surface area is 200 Å². The summed E-state index contributed by atoms with van der Waals surface area (Å²) in [6, 6.07) is 7.74. The number of carbonyl (C=O) groups is 1. The highest BCUT2D eigenvalue weighted by Crippen LogP contribution is 2.19. The number of ether oxygens (including phenoxy) is 1. The molecule has 33 heavy (non-hydrogen) atoms. The van der Waals surface area contributed by atoms with Crippen LogP contribution >= 0.6 is 0 Å². The van der Waals surface area contributed by atoms with E-state index in [0.717, 1.165) is 63.8 Å². The van der Waals surface area contributed by atoms with Gasteiger partial charge in [0.2, 0.25) is 15.9 Å². The third-order valence-corrected chi connectivity index (χ3v) is 8.80. The van der Waals surface area contributed by atoms with Gasteiger partial charge >= 0.3 is 0 Å². The molecule has 1 aromatic carbocycles. The van der Waals surface area contributed by atoms with E-state index in [0.29, 0.717) is 49.6 Å². The maximum Gasteiger partial charge on any atom is 0.243 e. The number of carbonyl (C=O) groups excluding carboxylic acids is 1. The zero-order valence-electron chi connectivity index (χ0n) is 20.4. The highest BCUT2D eigenvalue weighted by atomic mass is 32.2. The molecule has 7 nitrogen and oxygen atoms in total. The van der Waals surface area contributed by atoms with Gasteiger partial charge in [-0.1, -0.05) is 25.5 Å². The second-order valence-electron chi connectivity index (χ2n) is 9.24. The van der Waals surface area contributed by atoms with E-state index in [1.165, 1.54) is 10.7 Å². The van der Waals surface area contributed by atoms with E-state index >= 15 is 0 Å². The van der Waals surface area contributed by atoms with E-state index in [4.69, 9.17) is 4.74 Å². The van der Waals surface area contributed by atoms with E-state index in [1.807, 2.05) is 12.1 Å². The minimum atomic E-state index is -3.44. The lowest BCUT2D eigenvalue weighted by molar-refractivity contribution is -0.130. The first-order valence-electron chi connectivity index (χ1n) is 12.6. The van der Waals surface area contributed by atoms with Crippen LogP contribution in [0.4, 0.5) is 0 Å². The molecule has 0 N–H and O–H groups in total. The van der Waals surface area contributed by atoms with Crippen LogP contribution in [0.25, 0.3) is 0 Å². The number of benzene rings is 1. The van der Waals surface area contributed by atoms with E-state index in [1.54, 1.807) is 12.1 Å². The van der Waals surface area contributed by atoms with Gasteiger partial charge in [0.1, 0.15) is 0 Å². The smallest absolute Gasteiger partial charge is 0.243 e. The van der Waals surface area contributed by atoms with E-state index in [9.17, 15) is 13.2 Å². The predicted octanol–water partition coefficient (Wildman–Crippen LogP) is 3.14. The van der Waals surface area contributed by atoms with Crippen molar-refractivity contribution in [3.8, 4) is 0 Å². The summed E-state index contributed by atoms with van der Waals surface area (Å²) >= 11 is 0. The van der Waals surface area contributed by atoms with Crippen LogP contribution in [-0.4, -0.2) is 87.0 Å². The van der Waals surface area contributed by atoms with Crippen LogP contribution in [0.1, 0.15) is 57.9 Å². The van der Waals surface area contributed by atoms with Crippen molar-refractivity contribution in [2.75, 3.05) is 52.5 Å². The molecule has 0 aliphatic carbocycles. The van der Waals surface area contributed by atoms with E-state index < -0.39 is 10.0 Å². The largest absolute Gasteiger partial charge is 0.379 e. The molecular formula is C25H41N3O4S. The number of nitrogens with zero attached hydrogens (tertiary/aromatic N) is 3. The molecule has 0 saturated carbocycles. The lowest BCUT2D eigenvalue weighted by Crippen LogP contribution is -2.40. The van der Waals surface area contributed by atoms with Crippen LogP contribution in [0.15, 0.2) is 29.2 Å². The number of hydrogen-bond acceptors (Lipinski definition) is 5. The molecule has 2 fully saturated rings. The molecule has 2 heterocycles. The number of likely N-dealkylation sites (N-methyl/N-ethyl adjacent to an activating group) is 1. The van der Waals surface area contributed by atoms with Crippen molar-refractivity contribution in [2.24, 2.45) is 0 Å². The molecule has 1 atom stereocenters. The number of unbranched alkanes of at least 4 members (excludes halogenated alkanes) is 1. The van der Waals surface area contributed by atoms with Gasteiger partial charge in [0, 0.05) is 38.6 Å². The van der Waals surface area contributed by atoms with Crippen molar-refractivity contribution in [1.29, 1.82) is 0 Å². The molecule has 2 aliphatic heterocycles. The van der Waals surface area contributed by atoms with Crippen LogP contribution in [-0.2, 0) is 26.0 Å². The summed E-state index contributed by atoms with van der Waals surface area (Å²) in [6.07, 6.45) is 7.07. The molecule has 3 rings (SSSR count). The molecule has 2 saturated heterocycles. The Hall–Kier alpha value is -1.48. The fourth-order valence-corrected chi connectivity index (χ4v) is 6.19. The summed E-state index contributed by atoms with van der Waals surface area (Å²) in [4.78, 5) is 17.0. The van der Waals surface area contributed by atoms with Gasteiger partial charge in [-0.25, -0.2) is 8.42 Å². The van der Waals surface area contributed by atoms with Gasteiger partial charge in [0.25, 0.3) is 0 Å². The van der Waals surface area contributed by atoms with Gasteiger partial charge < -0.3 is 14.5 Å². The average Bonchev–Trinajstić information content (AvgIpc) is 3.04. The number of morpholine rings is 1. The van der Waals surface area contributed by atoms with Gasteiger partial charge in [-0.15, -0.1) is 0 Å². The lowest BCUT2D eigenvalue weighted by Gasteiger charge is -2.29. The van der Waals surface area contributed by atoms with Gasteiger partial charge in [-0.05, 0) is 69.8 Å². The summed E-state index contributed by atoms with van der Waals surface area (Å²) in [7, 11) is -3.44. The van der Waals surface area contributed by atoms with E-state index in [-0.39, 0.29) is 0 Å². The van der Waals surface area contributed by atoms with Crippen LogP contribution < -0.4 is 0 Å². The summed E-state index contributed by atoms with van der Waals surface area (Å²) in [6.45, 7) is 9.96. The topological polar surface area (TPSA) is 70.2 Å². The maximum atomic E-state index is 12.8. The molecule has 0 bridgehead atoms. The number of rotatable bonds is 11. The van der Waals surface area contributed by atoms with Gasteiger partial charge in [0.15, 0.2) is 0 Å². The third-order valence-electron chi connectivity index (χ3n) is 6.89. The van der Waals surface area contributed by atoms with Crippen molar-refractivity contribution in [2.45, 2.75) is 69.7 Å². The Morgan fingerprint density at radius 2 is 1.76 bits per heavy atom. The second kappa shape index (κ2) is 12.8. The average molecular weight is 480 g/mol. The van der Waals surface area contributed by atoms with Crippen LogP contribution in [0.3, 0.4) is 0 Å². The number of likely N-dealkylation sites (tertiary alicyclic amines) is 1.